The first-order valence-electron chi connectivity index (χ1n) is 15.6. The highest BCUT2D eigenvalue weighted by Crippen LogP contribution is 2.55. The van der Waals surface area contributed by atoms with E-state index < -0.39 is 0 Å². The number of para-hydroxylation sites is 4. The van der Waals surface area contributed by atoms with Gasteiger partial charge in [-0.1, -0.05) is 113 Å². The number of hydrogen-bond donors (Lipinski definition) is 0. The maximum absolute atomic E-state index is 2.60. The van der Waals surface area contributed by atoms with Crippen LogP contribution in [0, 0.1) is 0 Å². The summed E-state index contributed by atoms with van der Waals surface area (Å²) in [5.41, 5.74) is 15.5. The van der Waals surface area contributed by atoms with Gasteiger partial charge >= 0.3 is 0 Å². The number of anilines is 3. The van der Waals surface area contributed by atoms with Crippen molar-refractivity contribution in [2.75, 3.05) is 4.90 Å². The molecular formula is C42H34N2. The molecule has 2 aliphatic rings. The predicted octanol–water partition coefficient (Wildman–Crippen LogP) is 11.2. The lowest BCUT2D eigenvalue weighted by atomic mass is 9.68. The monoisotopic (exact) mass is 566 g/mol. The van der Waals surface area contributed by atoms with Gasteiger partial charge in [0.1, 0.15) is 0 Å². The van der Waals surface area contributed by atoms with Crippen LogP contribution < -0.4 is 4.90 Å². The number of nitrogens with zero attached hydrogens (tertiary/aromatic N) is 2. The molecule has 9 rings (SSSR count). The SMILES string of the molecule is CC1(C)c2cccc3c2-n2c4c1cccc4c1cc(-c4ccc(N(c5ccccc5)c5ccccc5)cc4)cc(c12)C3(C)C. The van der Waals surface area contributed by atoms with E-state index in [9.17, 15) is 0 Å². The Morgan fingerprint density at radius 2 is 0.955 bits per heavy atom. The van der Waals surface area contributed by atoms with E-state index in [4.69, 9.17) is 0 Å². The Hall–Kier alpha value is -5.08. The van der Waals surface area contributed by atoms with Crippen LogP contribution >= 0.6 is 0 Å². The minimum atomic E-state index is -0.130. The summed E-state index contributed by atoms with van der Waals surface area (Å²) in [5, 5.41) is 2.70. The van der Waals surface area contributed by atoms with Crippen molar-refractivity contribution in [1.82, 2.24) is 4.57 Å². The molecule has 7 aromatic rings. The van der Waals surface area contributed by atoms with E-state index >= 15 is 0 Å². The van der Waals surface area contributed by atoms with Crippen LogP contribution in [0.4, 0.5) is 17.1 Å². The van der Waals surface area contributed by atoms with E-state index in [1.807, 2.05) is 0 Å². The van der Waals surface area contributed by atoms with Gasteiger partial charge in [0.2, 0.25) is 0 Å². The molecule has 0 radical (unpaired) electrons. The Morgan fingerprint density at radius 3 is 1.59 bits per heavy atom. The highest BCUT2D eigenvalue weighted by Gasteiger charge is 2.43. The van der Waals surface area contributed by atoms with Crippen LogP contribution in [0.1, 0.15) is 49.9 Å². The molecular weight excluding hydrogens is 532 g/mol. The van der Waals surface area contributed by atoms with Gasteiger partial charge in [-0.15, -0.1) is 0 Å². The molecule has 2 nitrogen and oxygen atoms in total. The Morgan fingerprint density at radius 1 is 0.432 bits per heavy atom. The Kier molecular flexibility index (Phi) is 5.05. The van der Waals surface area contributed by atoms with Gasteiger partial charge in [0.05, 0.1) is 16.7 Å². The van der Waals surface area contributed by atoms with Crippen LogP contribution in [-0.4, -0.2) is 4.57 Å². The van der Waals surface area contributed by atoms with E-state index in [0.717, 1.165) is 17.1 Å². The van der Waals surface area contributed by atoms with Gasteiger partial charge < -0.3 is 9.47 Å². The zero-order valence-electron chi connectivity index (χ0n) is 25.6. The third-order valence-electron chi connectivity index (χ3n) is 10.3. The zero-order chi connectivity index (χ0) is 29.8. The molecule has 0 saturated carbocycles. The highest BCUT2D eigenvalue weighted by atomic mass is 15.1. The topological polar surface area (TPSA) is 8.17 Å². The second-order valence-electron chi connectivity index (χ2n) is 13.5. The number of rotatable bonds is 4. The van der Waals surface area contributed by atoms with Crippen LogP contribution in [0.25, 0.3) is 38.6 Å². The summed E-state index contributed by atoms with van der Waals surface area (Å²) in [6.45, 7) is 9.60. The standard InChI is InChI=1S/C42H34N2/c1-41(2)34-18-11-17-32-33-25-28(26-37-39(33)44(38(32)34)40-35(41)19-12-20-36(40)42(37,3)4)27-21-23-31(24-22-27)43(29-13-7-5-8-14-29)30-15-9-6-10-16-30/h5-26H,1-4H3. The molecule has 3 heterocycles. The van der Waals surface area contributed by atoms with Crippen LogP contribution in [0.5, 0.6) is 0 Å². The number of hydrogen-bond acceptors (Lipinski definition) is 1. The molecule has 44 heavy (non-hydrogen) atoms. The third-order valence-corrected chi connectivity index (χ3v) is 10.3. The molecule has 0 aliphatic carbocycles. The number of fused-ring (bicyclic) bond motifs is 1. The molecule has 0 N–H and O–H groups in total. The largest absolute Gasteiger partial charge is 0.311 e. The average Bonchev–Trinajstić information content (AvgIpc) is 3.39. The molecule has 0 fully saturated rings. The molecule has 0 spiro atoms. The number of aromatic nitrogens is 1. The Labute approximate surface area is 258 Å². The normalized spacial score (nSPS) is 15.2. The number of benzene rings is 6. The Bertz CT molecular complexity index is 2210. The van der Waals surface area contributed by atoms with Crippen LogP contribution in [-0.2, 0) is 10.8 Å². The summed E-state index contributed by atoms with van der Waals surface area (Å²) in [4.78, 5) is 2.32. The summed E-state index contributed by atoms with van der Waals surface area (Å²) >= 11 is 0. The third kappa shape index (κ3) is 3.26. The zero-order valence-corrected chi connectivity index (χ0v) is 25.6. The first kappa shape index (κ1) is 25.4. The minimum absolute atomic E-state index is 0.0646. The molecule has 0 bridgehead atoms. The van der Waals surface area contributed by atoms with E-state index in [2.05, 4.69) is 171 Å². The summed E-state index contributed by atoms with van der Waals surface area (Å²) in [7, 11) is 0. The van der Waals surface area contributed by atoms with E-state index in [0.29, 0.717) is 0 Å². The molecule has 1 aromatic heterocycles. The Balaban J connectivity index is 1.27. The van der Waals surface area contributed by atoms with E-state index in [1.54, 1.807) is 0 Å². The molecule has 6 aromatic carbocycles. The lowest BCUT2D eigenvalue weighted by Gasteiger charge is -2.42. The van der Waals surface area contributed by atoms with E-state index in [-0.39, 0.29) is 10.8 Å². The molecule has 0 unspecified atom stereocenters. The summed E-state index contributed by atoms with van der Waals surface area (Å²) in [6.07, 6.45) is 0. The molecule has 0 atom stereocenters. The molecule has 0 saturated heterocycles. The average molecular weight is 567 g/mol. The minimum Gasteiger partial charge on any atom is -0.311 e. The molecule has 0 amide bonds. The van der Waals surface area contributed by atoms with Gasteiger partial charge in [0.25, 0.3) is 0 Å². The van der Waals surface area contributed by atoms with Crippen molar-refractivity contribution >= 4 is 38.9 Å². The smallest absolute Gasteiger partial charge is 0.0582 e. The maximum Gasteiger partial charge on any atom is 0.0582 e. The van der Waals surface area contributed by atoms with Crippen molar-refractivity contribution < 1.29 is 0 Å². The van der Waals surface area contributed by atoms with Crippen molar-refractivity contribution in [1.29, 1.82) is 0 Å². The molecule has 212 valence electrons. The summed E-state index contributed by atoms with van der Waals surface area (Å²) in [6, 6.07) is 49.1. The maximum atomic E-state index is 2.60. The summed E-state index contributed by atoms with van der Waals surface area (Å²) in [5.74, 6) is 0. The van der Waals surface area contributed by atoms with Crippen molar-refractivity contribution in [2.24, 2.45) is 0 Å². The van der Waals surface area contributed by atoms with Crippen molar-refractivity contribution in [3.05, 3.63) is 156 Å². The fraction of sp³-hybridized carbons (Fsp3) is 0.143. The van der Waals surface area contributed by atoms with Crippen molar-refractivity contribution in [3.63, 3.8) is 0 Å². The lowest BCUT2D eigenvalue weighted by molar-refractivity contribution is 0.594. The predicted molar refractivity (Wildman–Crippen MR) is 185 cm³/mol. The second kappa shape index (κ2) is 8.74. The van der Waals surface area contributed by atoms with Gasteiger partial charge in [0, 0.05) is 38.7 Å². The van der Waals surface area contributed by atoms with Crippen LogP contribution in [0.2, 0.25) is 0 Å². The quantitative estimate of drug-likeness (QED) is 0.206. The van der Waals surface area contributed by atoms with E-state index in [1.165, 1.54) is 60.9 Å². The fourth-order valence-electron chi connectivity index (χ4n) is 8.05. The summed E-state index contributed by atoms with van der Waals surface area (Å²) < 4.78 is 2.60. The highest BCUT2D eigenvalue weighted by molar-refractivity contribution is 6.15. The second-order valence-corrected chi connectivity index (χ2v) is 13.5. The molecule has 2 aliphatic heterocycles. The van der Waals surface area contributed by atoms with Gasteiger partial charge in [-0.25, -0.2) is 0 Å². The first-order chi connectivity index (χ1) is 21.4. The first-order valence-corrected chi connectivity index (χ1v) is 15.6. The van der Waals surface area contributed by atoms with Crippen LogP contribution in [0.15, 0.2) is 133 Å². The van der Waals surface area contributed by atoms with Gasteiger partial charge in [-0.3, -0.25) is 0 Å². The molecule has 2 heteroatoms. The van der Waals surface area contributed by atoms with Crippen molar-refractivity contribution in [3.8, 4) is 16.8 Å². The van der Waals surface area contributed by atoms with Gasteiger partial charge in [-0.05, 0) is 81.9 Å². The lowest BCUT2D eigenvalue weighted by Crippen LogP contribution is -2.33. The van der Waals surface area contributed by atoms with Crippen molar-refractivity contribution in [2.45, 2.75) is 38.5 Å². The van der Waals surface area contributed by atoms with Crippen LogP contribution in [0.3, 0.4) is 0 Å². The van der Waals surface area contributed by atoms with Gasteiger partial charge in [-0.2, -0.15) is 0 Å². The van der Waals surface area contributed by atoms with Gasteiger partial charge in [0.15, 0.2) is 0 Å². The fourth-order valence-corrected chi connectivity index (χ4v) is 8.05.